The van der Waals surface area contributed by atoms with Gasteiger partial charge in [0.05, 0.1) is 16.4 Å². The van der Waals surface area contributed by atoms with Crippen molar-refractivity contribution in [3.63, 3.8) is 0 Å². The van der Waals surface area contributed by atoms with Crippen molar-refractivity contribution in [1.82, 2.24) is 19.3 Å². The van der Waals surface area contributed by atoms with Crippen LogP contribution in [0.2, 0.25) is 0 Å². The third-order valence-electron chi connectivity index (χ3n) is 3.40. The molecule has 1 aliphatic heterocycles. The molecule has 2 aromatic heterocycles. The van der Waals surface area contributed by atoms with Gasteiger partial charge in [-0.25, -0.2) is 14.5 Å². The highest BCUT2D eigenvalue weighted by Gasteiger charge is 2.37. The summed E-state index contributed by atoms with van der Waals surface area (Å²) in [6.45, 7) is 1.92. The van der Waals surface area contributed by atoms with E-state index in [-0.39, 0.29) is 17.1 Å². The zero-order valence-electron chi connectivity index (χ0n) is 11.3. The molecule has 9 heteroatoms. The Kier molecular flexibility index (Phi) is 3.39. The number of hydrogen-bond donors (Lipinski definition) is 0. The van der Waals surface area contributed by atoms with Gasteiger partial charge in [-0.05, 0) is 19.8 Å². The van der Waals surface area contributed by atoms with Crippen molar-refractivity contribution in [1.29, 1.82) is 0 Å². The summed E-state index contributed by atoms with van der Waals surface area (Å²) >= 11 is 0.951. The van der Waals surface area contributed by atoms with E-state index < -0.39 is 11.9 Å². The molecule has 0 atom stereocenters. The fourth-order valence-electron chi connectivity index (χ4n) is 2.49. The molecule has 5 nitrogen and oxygen atoms in total. The Morgan fingerprint density at radius 2 is 2.10 bits per heavy atom. The fraction of sp³-hybridized carbons (Fsp3) is 0.583. The second-order valence-corrected chi connectivity index (χ2v) is 6.26. The summed E-state index contributed by atoms with van der Waals surface area (Å²) in [6.07, 6.45) is -1.98. The smallest absolute Gasteiger partial charge is 0.279 e. The first-order chi connectivity index (χ1) is 9.86. The van der Waals surface area contributed by atoms with Crippen LogP contribution in [0, 0.1) is 6.92 Å². The van der Waals surface area contributed by atoms with Gasteiger partial charge in [0.1, 0.15) is 5.82 Å². The number of halogens is 3. The zero-order valence-corrected chi connectivity index (χ0v) is 12.1. The van der Waals surface area contributed by atoms with Crippen LogP contribution in [0.4, 0.5) is 13.2 Å². The summed E-state index contributed by atoms with van der Waals surface area (Å²) < 4.78 is 41.4. The van der Waals surface area contributed by atoms with E-state index >= 15 is 0 Å². The molecule has 0 spiro atoms. The number of aromatic nitrogens is 4. The first-order valence-electron chi connectivity index (χ1n) is 6.56. The number of hydrogen-bond acceptors (Lipinski definition) is 4. The molecule has 0 saturated carbocycles. The minimum atomic E-state index is -4.51. The minimum Gasteiger partial charge on any atom is -0.279 e. The Labute approximate surface area is 122 Å². The molecule has 3 rings (SSSR count). The lowest BCUT2D eigenvalue weighted by molar-refractivity contribution is -0.141. The van der Waals surface area contributed by atoms with E-state index in [0.29, 0.717) is 23.8 Å². The third kappa shape index (κ3) is 2.61. The van der Waals surface area contributed by atoms with Crippen LogP contribution < -0.4 is 5.69 Å². The summed E-state index contributed by atoms with van der Waals surface area (Å²) in [5.41, 5.74) is -1.26. The molecule has 1 aliphatic rings. The van der Waals surface area contributed by atoms with Crippen molar-refractivity contribution in [2.45, 2.75) is 45.5 Å². The van der Waals surface area contributed by atoms with E-state index in [0.717, 1.165) is 28.9 Å². The van der Waals surface area contributed by atoms with Gasteiger partial charge in [0.25, 0.3) is 0 Å². The van der Waals surface area contributed by atoms with Crippen LogP contribution in [0.5, 0.6) is 0 Å². The van der Waals surface area contributed by atoms with Gasteiger partial charge in [0.15, 0.2) is 5.69 Å². The largest absolute Gasteiger partial charge is 0.434 e. The van der Waals surface area contributed by atoms with Gasteiger partial charge >= 0.3 is 11.9 Å². The van der Waals surface area contributed by atoms with Crippen LogP contribution in [-0.4, -0.2) is 19.3 Å². The van der Waals surface area contributed by atoms with E-state index in [9.17, 15) is 18.0 Å². The Morgan fingerprint density at radius 1 is 1.33 bits per heavy atom. The van der Waals surface area contributed by atoms with E-state index in [4.69, 9.17) is 0 Å². The molecule has 0 amide bonds. The Hall–Kier alpha value is -1.64. The van der Waals surface area contributed by atoms with E-state index in [1.54, 1.807) is 4.57 Å². The highest BCUT2D eigenvalue weighted by atomic mass is 32.1. The van der Waals surface area contributed by atoms with Crippen molar-refractivity contribution < 1.29 is 13.2 Å². The van der Waals surface area contributed by atoms with Crippen LogP contribution in [0.3, 0.4) is 0 Å². The summed E-state index contributed by atoms with van der Waals surface area (Å²) in [5, 5.41) is 4.48. The quantitative estimate of drug-likeness (QED) is 0.853. The molecule has 0 saturated heterocycles. The number of alkyl halides is 3. The van der Waals surface area contributed by atoms with E-state index in [1.807, 2.05) is 0 Å². The number of thiazole rings is 1. The van der Waals surface area contributed by atoms with E-state index in [1.165, 1.54) is 6.92 Å². The standard InChI is InChI=1S/C12H13F3N4OS/c1-7-16-10(12(13,14)15)8(21-7)6-19-11(20)18-5-3-2-4-9(18)17-19/h2-6H2,1H3. The third-order valence-corrected chi connectivity index (χ3v) is 4.35. The first-order valence-corrected chi connectivity index (χ1v) is 7.38. The number of rotatable bonds is 2. The summed E-state index contributed by atoms with van der Waals surface area (Å²) in [5.74, 6) is 0.654. The van der Waals surface area contributed by atoms with Crippen molar-refractivity contribution >= 4 is 11.3 Å². The van der Waals surface area contributed by atoms with Crippen molar-refractivity contribution in [3.05, 3.63) is 31.9 Å². The van der Waals surface area contributed by atoms with Crippen molar-refractivity contribution in [2.24, 2.45) is 0 Å². The number of aryl methyl sites for hydroxylation is 2. The normalized spacial score (nSPS) is 15.2. The molecule has 3 heterocycles. The average molecular weight is 318 g/mol. The highest BCUT2D eigenvalue weighted by Crippen LogP contribution is 2.34. The van der Waals surface area contributed by atoms with Gasteiger partial charge in [-0.2, -0.15) is 18.3 Å². The SMILES string of the molecule is Cc1nc(C(F)(F)F)c(Cn2nc3n(c2=O)CCCC3)s1. The lowest BCUT2D eigenvalue weighted by Gasteiger charge is -2.09. The first kappa shape index (κ1) is 14.3. The minimum absolute atomic E-state index is 0.0255. The molecule has 2 aromatic rings. The second kappa shape index (κ2) is 4.97. The van der Waals surface area contributed by atoms with Crippen molar-refractivity contribution in [2.75, 3.05) is 0 Å². The number of nitrogens with zero attached hydrogens (tertiary/aromatic N) is 4. The van der Waals surface area contributed by atoms with Gasteiger partial charge in [-0.15, -0.1) is 11.3 Å². The van der Waals surface area contributed by atoms with Gasteiger partial charge in [0.2, 0.25) is 0 Å². The van der Waals surface area contributed by atoms with Gasteiger partial charge in [0, 0.05) is 13.0 Å². The zero-order chi connectivity index (χ0) is 15.2. The van der Waals surface area contributed by atoms with Gasteiger partial charge in [-0.1, -0.05) is 0 Å². The maximum absolute atomic E-state index is 12.9. The summed E-state index contributed by atoms with van der Waals surface area (Å²) in [4.78, 5) is 15.7. The van der Waals surface area contributed by atoms with Gasteiger partial charge in [-0.3, -0.25) is 4.57 Å². The number of fused-ring (bicyclic) bond motifs is 1. The molecule has 0 radical (unpaired) electrons. The van der Waals surface area contributed by atoms with Crippen LogP contribution in [0.25, 0.3) is 0 Å². The maximum Gasteiger partial charge on any atom is 0.434 e. The Morgan fingerprint density at radius 3 is 2.76 bits per heavy atom. The van der Waals surface area contributed by atoms with Gasteiger partial charge < -0.3 is 0 Å². The lowest BCUT2D eigenvalue weighted by Crippen LogP contribution is -2.27. The molecule has 114 valence electrons. The Balaban J connectivity index is 1.98. The van der Waals surface area contributed by atoms with E-state index in [2.05, 4.69) is 10.1 Å². The molecule has 0 bridgehead atoms. The van der Waals surface area contributed by atoms with Crippen LogP contribution in [0.15, 0.2) is 4.79 Å². The molecule has 0 fully saturated rings. The Bertz CT molecular complexity index is 728. The molecule has 0 unspecified atom stereocenters. The molecular weight excluding hydrogens is 305 g/mol. The predicted molar refractivity (Wildman–Crippen MR) is 70.4 cm³/mol. The van der Waals surface area contributed by atoms with Crippen molar-refractivity contribution in [3.8, 4) is 0 Å². The molecule has 0 N–H and O–H groups in total. The monoisotopic (exact) mass is 318 g/mol. The second-order valence-electron chi connectivity index (χ2n) is 4.97. The lowest BCUT2D eigenvalue weighted by atomic mass is 10.2. The predicted octanol–water partition coefficient (Wildman–Crippen LogP) is 2.21. The molecule has 0 aliphatic carbocycles. The molecule has 0 aromatic carbocycles. The highest BCUT2D eigenvalue weighted by molar-refractivity contribution is 7.11. The fourth-order valence-corrected chi connectivity index (χ4v) is 3.42. The maximum atomic E-state index is 12.9. The molecular formula is C12H13F3N4OS. The summed E-state index contributed by atoms with van der Waals surface area (Å²) in [6, 6.07) is 0. The average Bonchev–Trinajstić information content (AvgIpc) is 2.92. The summed E-state index contributed by atoms with van der Waals surface area (Å²) in [7, 11) is 0. The van der Waals surface area contributed by atoms with Crippen LogP contribution >= 0.6 is 11.3 Å². The van der Waals surface area contributed by atoms with Crippen LogP contribution in [-0.2, 0) is 25.7 Å². The molecule has 21 heavy (non-hydrogen) atoms. The topological polar surface area (TPSA) is 52.7 Å². The van der Waals surface area contributed by atoms with Crippen LogP contribution in [0.1, 0.15) is 34.2 Å².